The van der Waals surface area contributed by atoms with Crippen molar-refractivity contribution in [3.8, 4) is 11.1 Å². The molecule has 7 nitrogen and oxygen atoms in total. The van der Waals surface area contributed by atoms with Crippen molar-refractivity contribution in [3.05, 3.63) is 88.9 Å². The van der Waals surface area contributed by atoms with Crippen molar-refractivity contribution in [2.75, 3.05) is 31.5 Å². The van der Waals surface area contributed by atoms with Crippen molar-refractivity contribution in [2.24, 2.45) is 5.73 Å². The fraction of sp³-hybridized carbons (Fsp3) is 0.250. The summed E-state index contributed by atoms with van der Waals surface area (Å²) in [6.45, 7) is 1.07. The number of rotatable bonds is 8. The Morgan fingerprint density at radius 1 is 0.861 bits per heavy atom. The number of amides is 3. The lowest BCUT2D eigenvalue weighted by Gasteiger charge is -2.27. The minimum Gasteiger partial charge on any atom is -0.326 e. The molecule has 0 unspecified atom stereocenters. The van der Waals surface area contributed by atoms with Gasteiger partial charge in [-0.2, -0.15) is 0 Å². The molecule has 186 valence electrons. The van der Waals surface area contributed by atoms with E-state index in [-0.39, 0.29) is 30.8 Å². The van der Waals surface area contributed by atoms with Crippen LogP contribution in [0.2, 0.25) is 5.02 Å². The zero-order chi connectivity index (χ0) is 25.5. The van der Waals surface area contributed by atoms with E-state index in [2.05, 4.69) is 5.32 Å². The van der Waals surface area contributed by atoms with Gasteiger partial charge in [-0.3, -0.25) is 9.59 Å². The first-order valence-corrected chi connectivity index (χ1v) is 12.3. The summed E-state index contributed by atoms with van der Waals surface area (Å²) >= 11 is 6.20. The number of nitrogens with two attached hydrogens (primary N) is 1. The van der Waals surface area contributed by atoms with Crippen molar-refractivity contribution in [3.63, 3.8) is 0 Å². The lowest BCUT2D eigenvalue weighted by molar-refractivity contribution is -0.116. The third kappa shape index (κ3) is 6.30. The van der Waals surface area contributed by atoms with E-state index in [1.165, 1.54) is 9.80 Å². The Labute approximate surface area is 215 Å². The lowest BCUT2D eigenvalue weighted by atomic mass is 10.0. The number of carbonyl (C=O) groups is 3. The summed E-state index contributed by atoms with van der Waals surface area (Å²) in [5.41, 5.74) is 9.61. The molecule has 3 N–H and O–H groups in total. The monoisotopic (exact) mass is 504 g/mol. The number of anilines is 1. The van der Waals surface area contributed by atoms with Gasteiger partial charge in [0.25, 0.3) is 0 Å². The van der Waals surface area contributed by atoms with E-state index in [1.807, 2.05) is 42.5 Å². The minimum atomic E-state index is -0.357. The van der Waals surface area contributed by atoms with E-state index in [9.17, 15) is 14.4 Å². The average molecular weight is 505 g/mol. The topological polar surface area (TPSA) is 95.7 Å². The zero-order valence-corrected chi connectivity index (χ0v) is 20.7. The van der Waals surface area contributed by atoms with E-state index in [4.69, 9.17) is 17.3 Å². The quantitative estimate of drug-likeness (QED) is 0.430. The van der Waals surface area contributed by atoms with Gasteiger partial charge in [0.2, 0.25) is 5.91 Å². The van der Waals surface area contributed by atoms with Crippen molar-refractivity contribution in [2.45, 2.75) is 19.4 Å². The van der Waals surface area contributed by atoms with Crippen LogP contribution in [-0.2, 0) is 11.3 Å². The summed E-state index contributed by atoms with van der Waals surface area (Å²) in [7, 11) is 0. The number of hydrogen-bond donors (Lipinski definition) is 2. The maximum absolute atomic E-state index is 13.2. The third-order valence-electron chi connectivity index (χ3n) is 6.17. The second-order valence-corrected chi connectivity index (χ2v) is 9.17. The normalized spacial score (nSPS) is 13.9. The van der Waals surface area contributed by atoms with Gasteiger partial charge < -0.3 is 20.9 Å². The smallest absolute Gasteiger partial charge is 0.320 e. The molecule has 0 spiro atoms. The fourth-order valence-electron chi connectivity index (χ4n) is 4.19. The Morgan fingerprint density at radius 2 is 1.50 bits per heavy atom. The number of halogens is 1. The van der Waals surface area contributed by atoms with E-state index < -0.39 is 0 Å². The molecule has 36 heavy (non-hydrogen) atoms. The van der Waals surface area contributed by atoms with Crippen LogP contribution < -0.4 is 11.1 Å². The average Bonchev–Trinajstić information content (AvgIpc) is 3.07. The van der Waals surface area contributed by atoms with Gasteiger partial charge in [0.05, 0.1) is 17.3 Å². The molecule has 4 rings (SSSR count). The van der Waals surface area contributed by atoms with Gasteiger partial charge >= 0.3 is 6.03 Å². The first-order chi connectivity index (χ1) is 17.4. The number of carbonyl (C=O) groups excluding carboxylic acids is 3. The highest BCUT2D eigenvalue weighted by Gasteiger charge is 2.27. The van der Waals surface area contributed by atoms with Crippen molar-refractivity contribution in [1.82, 2.24) is 9.80 Å². The number of nitrogens with one attached hydrogen (secondary N) is 1. The van der Waals surface area contributed by atoms with Gasteiger partial charge in [-0.1, -0.05) is 72.3 Å². The largest absolute Gasteiger partial charge is 0.326 e. The van der Waals surface area contributed by atoms with Crippen LogP contribution in [0, 0.1) is 0 Å². The summed E-state index contributed by atoms with van der Waals surface area (Å²) in [5.74, 6) is -0.497. The standard InChI is InChI=1S/C28H29ClN4O3/c29-24-13-8-20(17-30)16-25(24)31-27(35)19-33-15-5-4-14-32(28(33)36)18-26(34)23-11-9-22(10-12-23)21-6-2-1-3-7-21/h1-3,6-13,16H,4-5,14-15,17-19,30H2,(H,31,35). The summed E-state index contributed by atoms with van der Waals surface area (Å²) < 4.78 is 0. The fourth-order valence-corrected chi connectivity index (χ4v) is 4.36. The zero-order valence-electron chi connectivity index (χ0n) is 20.0. The number of benzene rings is 3. The second-order valence-electron chi connectivity index (χ2n) is 8.77. The lowest BCUT2D eigenvalue weighted by Crippen LogP contribution is -2.46. The van der Waals surface area contributed by atoms with E-state index in [0.29, 0.717) is 35.9 Å². The number of ketones is 1. The molecule has 3 aromatic rings. The molecule has 1 aliphatic rings. The molecule has 0 saturated carbocycles. The Morgan fingerprint density at radius 3 is 2.17 bits per heavy atom. The highest BCUT2D eigenvalue weighted by Crippen LogP contribution is 2.23. The Hall–Kier alpha value is -3.68. The molecular weight excluding hydrogens is 476 g/mol. The molecule has 8 heteroatoms. The molecule has 0 atom stereocenters. The summed E-state index contributed by atoms with van der Waals surface area (Å²) in [4.78, 5) is 41.9. The number of urea groups is 1. The van der Waals surface area contributed by atoms with Gasteiger partial charge in [0.15, 0.2) is 5.78 Å². The molecule has 0 bridgehead atoms. The van der Waals surface area contributed by atoms with Gasteiger partial charge in [0.1, 0.15) is 6.54 Å². The van der Waals surface area contributed by atoms with Gasteiger partial charge in [-0.15, -0.1) is 0 Å². The third-order valence-corrected chi connectivity index (χ3v) is 6.50. The number of nitrogens with zero attached hydrogens (tertiary/aromatic N) is 2. The predicted octanol–water partition coefficient (Wildman–Crippen LogP) is 4.80. The predicted molar refractivity (Wildman–Crippen MR) is 142 cm³/mol. The maximum Gasteiger partial charge on any atom is 0.320 e. The Balaban J connectivity index is 1.38. The van der Waals surface area contributed by atoms with Crippen LogP contribution in [0.3, 0.4) is 0 Å². The van der Waals surface area contributed by atoms with Gasteiger partial charge in [-0.25, -0.2) is 4.79 Å². The molecule has 3 amide bonds. The molecule has 3 aromatic carbocycles. The summed E-state index contributed by atoms with van der Waals surface area (Å²) in [5, 5.41) is 3.16. The maximum atomic E-state index is 13.2. The van der Waals surface area contributed by atoms with Crippen LogP contribution in [-0.4, -0.2) is 53.7 Å². The minimum absolute atomic E-state index is 0.0357. The van der Waals surface area contributed by atoms with E-state index in [1.54, 1.807) is 30.3 Å². The van der Waals surface area contributed by atoms with Crippen LogP contribution in [0.15, 0.2) is 72.8 Å². The van der Waals surface area contributed by atoms with Crippen LogP contribution in [0.5, 0.6) is 0 Å². The Kier molecular flexibility index (Phi) is 8.36. The molecule has 0 radical (unpaired) electrons. The van der Waals surface area contributed by atoms with Crippen LogP contribution in [0.1, 0.15) is 28.8 Å². The highest BCUT2D eigenvalue weighted by atomic mass is 35.5. The van der Waals surface area contributed by atoms with E-state index in [0.717, 1.165) is 29.5 Å². The van der Waals surface area contributed by atoms with Crippen molar-refractivity contribution >= 4 is 35.0 Å². The van der Waals surface area contributed by atoms with Gasteiger partial charge in [-0.05, 0) is 41.7 Å². The van der Waals surface area contributed by atoms with Gasteiger partial charge in [0, 0.05) is 25.2 Å². The summed E-state index contributed by atoms with van der Waals surface area (Å²) in [6.07, 6.45) is 1.51. The first kappa shape index (κ1) is 25.4. The molecule has 1 saturated heterocycles. The molecule has 1 fully saturated rings. The van der Waals surface area contributed by atoms with Crippen molar-refractivity contribution in [1.29, 1.82) is 0 Å². The molecule has 0 aliphatic carbocycles. The van der Waals surface area contributed by atoms with Crippen LogP contribution in [0.25, 0.3) is 11.1 Å². The number of hydrogen-bond acceptors (Lipinski definition) is 4. The van der Waals surface area contributed by atoms with Crippen molar-refractivity contribution < 1.29 is 14.4 Å². The summed E-state index contributed by atoms with van der Waals surface area (Å²) in [6, 6.07) is 22.2. The number of Topliss-reactive ketones (excluding diaryl/α,β-unsaturated/α-hetero) is 1. The SMILES string of the molecule is NCc1ccc(Cl)c(NC(=O)CN2CCCCN(CC(=O)c3ccc(-c4ccccc4)cc3)C2=O)c1. The molecule has 1 heterocycles. The van der Waals surface area contributed by atoms with E-state index >= 15 is 0 Å². The first-order valence-electron chi connectivity index (χ1n) is 12.0. The molecule has 0 aromatic heterocycles. The molecular formula is C28H29ClN4O3. The molecule has 1 aliphatic heterocycles. The highest BCUT2D eigenvalue weighted by molar-refractivity contribution is 6.33. The van der Waals surface area contributed by atoms with Crippen LogP contribution in [0.4, 0.5) is 10.5 Å². The van der Waals surface area contributed by atoms with Crippen LogP contribution >= 0.6 is 11.6 Å². The Bertz CT molecular complexity index is 1230. The second kappa shape index (κ2) is 11.8.